The normalized spacial score (nSPS) is 29.6. The van der Waals surface area contributed by atoms with Gasteiger partial charge in [0.15, 0.2) is 0 Å². The van der Waals surface area contributed by atoms with Gasteiger partial charge in [0.05, 0.1) is 25.3 Å². The number of carbonyl (C=O) groups is 6. The van der Waals surface area contributed by atoms with Crippen LogP contribution in [0.15, 0.2) is 48.5 Å². The number of hydrogen-bond acceptors (Lipinski definition) is 14. The minimum atomic E-state index is -2.22. The van der Waals surface area contributed by atoms with Crippen LogP contribution in [0.25, 0.3) is 0 Å². The van der Waals surface area contributed by atoms with Gasteiger partial charge < -0.3 is 39.1 Å². The fourth-order valence-electron chi connectivity index (χ4n) is 8.40. The van der Waals surface area contributed by atoms with Crippen LogP contribution in [0, 0.1) is 36.5 Å². The van der Waals surface area contributed by atoms with Gasteiger partial charge in [-0.2, -0.15) is 0 Å². The number of aryl methyl sites for hydroxylation is 2. The summed E-state index contributed by atoms with van der Waals surface area (Å²) in [5, 5.41) is 6.06. The smallest absolute Gasteiger partial charge is 0.352 e. The molecule has 14 nitrogen and oxygen atoms in total. The molecule has 2 N–H and O–H groups in total. The summed E-state index contributed by atoms with van der Waals surface area (Å²) in [6.45, 7) is 11.5. The van der Waals surface area contributed by atoms with E-state index in [0.717, 1.165) is 11.1 Å². The number of carbonyl (C=O) groups excluding carboxylic acids is 6. The van der Waals surface area contributed by atoms with Crippen molar-refractivity contribution in [1.82, 2.24) is 10.6 Å². The van der Waals surface area contributed by atoms with Crippen LogP contribution in [-0.4, -0.2) is 98.6 Å². The summed E-state index contributed by atoms with van der Waals surface area (Å²) >= 11 is 0. The van der Waals surface area contributed by atoms with Gasteiger partial charge in [-0.15, -0.1) is 0 Å². The first-order valence-corrected chi connectivity index (χ1v) is 17.1. The van der Waals surface area contributed by atoms with Crippen molar-refractivity contribution in [2.75, 3.05) is 27.3 Å². The average Bonchev–Trinajstić information content (AvgIpc) is 3.50. The van der Waals surface area contributed by atoms with E-state index in [1.807, 2.05) is 41.5 Å². The molecule has 2 aromatic rings. The van der Waals surface area contributed by atoms with Crippen LogP contribution in [0.1, 0.15) is 59.5 Å². The first kappa shape index (κ1) is 37.0. The van der Waals surface area contributed by atoms with Gasteiger partial charge >= 0.3 is 35.8 Å². The molecule has 0 aromatic heterocycles. The summed E-state index contributed by atoms with van der Waals surface area (Å²) < 4.78 is 33.8. The Balaban J connectivity index is 1.41. The quantitative estimate of drug-likeness (QED) is 0.255. The van der Waals surface area contributed by atoms with E-state index in [1.54, 1.807) is 24.3 Å². The molecule has 0 radical (unpaired) electrons. The second kappa shape index (κ2) is 13.0. The first-order valence-electron chi connectivity index (χ1n) is 17.1. The van der Waals surface area contributed by atoms with Gasteiger partial charge in [0.2, 0.25) is 12.2 Å². The average molecular weight is 721 g/mol. The molecule has 0 spiro atoms. The molecule has 4 aliphatic rings. The van der Waals surface area contributed by atoms with Gasteiger partial charge in [0, 0.05) is 35.8 Å². The molecule has 2 saturated heterocycles. The molecule has 4 fully saturated rings. The van der Waals surface area contributed by atoms with Crippen molar-refractivity contribution in [1.29, 1.82) is 0 Å². The molecule has 0 amide bonds. The zero-order chi connectivity index (χ0) is 38.0. The van der Waals surface area contributed by atoms with Crippen molar-refractivity contribution >= 4 is 35.8 Å². The molecule has 8 atom stereocenters. The molecular formula is C38H44N2O12. The number of methoxy groups -OCH3 is 2. The van der Waals surface area contributed by atoms with E-state index in [9.17, 15) is 28.8 Å². The molecule has 0 unspecified atom stereocenters. The molecule has 0 bridgehead atoms. The first-order chi connectivity index (χ1) is 24.5. The lowest BCUT2D eigenvalue weighted by Crippen LogP contribution is -2.55. The van der Waals surface area contributed by atoms with Gasteiger partial charge in [-0.25, -0.2) is 19.2 Å². The third-order valence-corrected chi connectivity index (χ3v) is 11.7. The Labute approximate surface area is 301 Å². The van der Waals surface area contributed by atoms with Crippen LogP contribution in [-0.2, 0) is 47.6 Å². The summed E-state index contributed by atoms with van der Waals surface area (Å²) in [5.74, 6) is -6.63. The van der Waals surface area contributed by atoms with Gasteiger partial charge in [-0.05, 0) is 38.1 Å². The number of hydrogen-bond donors (Lipinski definition) is 2. The topological polar surface area (TPSA) is 182 Å². The molecule has 6 rings (SSSR count). The van der Waals surface area contributed by atoms with Crippen molar-refractivity contribution in [3.8, 4) is 0 Å². The maximum absolute atomic E-state index is 14.5. The van der Waals surface area contributed by atoms with Gasteiger partial charge in [0.1, 0.15) is 23.3 Å². The minimum absolute atomic E-state index is 0.0332. The van der Waals surface area contributed by atoms with Crippen LogP contribution < -0.4 is 10.6 Å². The zero-order valence-corrected chi connectivity index (χ0v) is 30.4. The van der Waals surface area contributed by atoms with E-state index in [1.165, 1.54) is 38.5 Å². The highest BCUT2D eigenvalue weighted by Gasteiger charge is 2.84. The lowest BCUT2D eigenvalue weighted by atomic mass is 9.98. The standard InChI is InChI=1S/C38H44N2O12/c1-19-9-13-21(14-10-19)29(41)49-25(31(43)51-37-23(35(37,3)4)17-39-27(37)33(45)47-7)26(50-30(42)22-15-11-20(2)12-16-22)32(44)52-38-24(36(38,5)6)18-40-28(38)34(46)48-8/h9-16,23-28,39-40H,17-18H2,1-8H3/t23-,24-,25+,26+,27-,28-,37-,38-/m1/s1. The number of ether oxygens (including phenoxy) is 6. The molecule has 2 saturated carbocycles. The summed E-state index contributed by atoms with van der Waals surface area (Å²) in [4.78, 5) is 82.2. The predicted molar refractivity (Wildman–Crippen MR) is 181 cm³/mol. The van der Waals surface area contributed by atoms with Crippen LogP contribution in [0.4, 0.5) is 0 Å². The van der Waals surface area contributed by atoms with Crippen LogP contribution >= 0.6 is 0 Å². The number of rotatable bonds is 11. The molecule has 52 heavy (non-hydrogen) atoms. The Morgan fingerprint density at radius 2 is 0.923 bits per heavy atom. The van der Waals surface area contributed by atoms with Gasteiger partial charge in [0.25, 0.3) is 0 Å². The van der Waals surface area contributed by atoms with Crippen molar-refractivity contribution in [2.24, 2.45) is 22.7 Å². The zero-order valence-electron chi connectivity index (χ0n) is 30.4. The van der Waals surface area contributed by atoms with Crippen molar-refractivity contribution < 1.29 is 57.2 Å². The Morgan fingerprint density at radius 3 is 1.21 bits per heavy atom. The minimum Gasteiger partial charge on any atom is -0.468 e. The van der Waals surface area contributed by atoms with E-state index in [4.69, 9.17) is 28.4 Å². The lowest BCUT2D eigenvalue weighted by Gasteiger charge is -2.32. The molecular weight excluding hydrogens is 676 g/mol. The highest BCUT2D eigenvalue weighted by molar-refractivity contribution is 5.97. The summed E-state index contributed by atoms with van der Waals surface area (Å²) in [7, 11) is 2.41. The number of esters is 6. The maximum atomic E-state index is 14.5. The van der Waals surface area contributed by atoms with E-state index in [0.29, 0.717) is 13.1 Å². The number of nitrogens with one attached hydrogen (secondary N) is 2. The second-order valence-electron chi connectivity index (χ2n) is 15.1. The Morgan fingerprint density at radius 1 is 0.596 bits per heavy atom. The number of fused-ring (bicyclic) bond motifs is 2. The summed E-state index contributed by atoms with van der Waals surface area (Å²) in [5.41, 5.74) is -2.62. The van der Waals surface area contributed by atoms with Gasteiger partial charge in [-0.3, -0.25) is 9.59 Å². The molecule has 14 heteroatoms. The van der Waals surface area contributed by atoms with E-state index in [-0.39, 0.29) is 23.0 Å². The molecule has 2 aliphatic carbocycles. The van der Waals surface area contributed by atoms with Crippen molar-refractivity contribution in [3.05, 3.63) is 70.8 Å². The van der Waals surface area contributed by atoms with E-state index < -0.39 is 82.1 Å². The Hall–Kier alpha value is -4.82. The van der Waals surface area contributed by atoms with Crippen molar-refractivity contribution in [3.63, 3.8) is 0 Å². The monoisotopic (exact) mass is 720 g/mol. The largest absolute Gasteiger partial charge is 0.468 e. The predicted octanol–water partition coefficient (Wildman–Crippen LogP) is 2.22. The van der Waals surface area contributed by atoms with Gasteiger partial charge in [-0.1, -0.05) is 63.1 Å². The fraction of sp³-hybridized carbons (Fsp3) is 0.526. The molecule has 2 heterocycles. The third-order valence-electron chi connectivity index (χ3n) is 11.7. The van der Waals surface area contributed by atoms with E-state index >= 15 is 0 Å². The highest BCUT2D eigenvalue weighted by atomic mass is 16.7. The Bertz CT molecular complexity index is 1670. The third kappa shape index (κ3) is 5.63. The van der Waals surface area contributed by atoms with Crippen LogP contribution in [0.5, 0.6) is 0 Å². The fourth-order valence-corrected chi connectivity index (χ4v) is 8.40. The van der Waals surface area contributed by atoms with Crippen LogP contribution in [0.3, 0.4) is 0 Å². The molecule has 2 aromatic carbocycles. The van der Waals surface area contributed by atoms with Crippen molar-refractivity contribution in [2.45, 2.75) is 77.0 Å². The maximum Gasteiger partial charge on any atom is 0.352 e. The Kier molecular flexibility index (Phi) is 9.23. The lowest BCUT2D eigenvalue weighted by molar-refractivity contribution is -0.188. The summed E-state index contributed by atoms with van der Waals surface area (Å²) in [6, 6.07) is 10.4. The molecule has 2 aliphatic heterocycles. The summed E-state index contributed by atoms with van der Waals surface area (Å²) in [6.07, 6.45) is -4.44. The SMILES string of the molecule is COC(=O)[C@H]1NC[C@@H]2C(C)(C)[C@]12OC(=O)[C@@H](OC(=O)c1ccc(C)cc1)[C@H](OC(=O)c1ccc(C)cc1)C(=O)O[C@@]12[C@@H](C(=O)OC)NC[C@@H]1C2(C)C. The molecule has 278 valence electrons. The highest BCUT2D eigenvalue weighted by Crippen LogP contribution is 2.69. The number of benzene rings is 2. The van der Waals surface area contributed by atoms with Crippen LogP contribution in [0.2, 0.25) is 0 Å². The van der Waals surface area contributed by atoms with E-state index in [2.05, 4.69) is 10.6 Å². The number of piperidine rings is 2. The second-order valence-corrected chi connectivity index (χ2v) is 15.1.